The first-order valence-electron chi connectivity index (χ1n) is 4.06. The van der Waals surface area contributed by atoms with Crippen LogP contribution in [0.5, 0.6) is 0 Å². The van der Waals surface area contributed by atoms with Gasteiger partial charge in [0.05, 0.1) is 5.75 Å². The van der Waals surface area contributed by atoms with Crippen molar-refractivity contribution >= 4 is 21.8 Å². The molecule has 0 heterocycles. The average molecular weight is 237 g/mol. The zero-order valence-corrected chi connectivity index (χ0v) is 9.20. The van der Waals surface area contributed by atoms with E-state index in [1.54, 1.807) is 18.2 Å². The highest BCUT2D eigenvalue weighted by atomic mass is 35.5. The zero-order valence-electron chi connectivity index (χ0n) is 7.63. The number of aryl methyl sites for hydroxylation is 2. The standard InChI is InChI=1S/C9H10ClFO2S/c1-7-6-8(2-3-9(7)10)4-5-14(11,12)13/h2-3,6H,4-5H2,1H3. The first kappa shape index (κ1) is 11.5. The molecule has 0 fully saturated rings. The van der Waals surface area contributed by atoms with Gasteiger partial charge in [-0.15, -0.1) is 3.89 Å². The Morgan fingerprint density at radius 3 is 2.57 bits per heavy atom. The maximum atomic E-state index is 12.2. The van der Waals surface area contributed by atoms with Crippen molar-refractivity contribution in [1.29, 1.82) is 0 Å². The molecule has 0 aromatic heterocycles. The van der Waals surface area contributed by atoms with Gasteiger partial charge in [-0.25, -0.2) is 0 Å². The van der Waals surface area contributed by atoms with Crippen molar-refractivity contribution in [2.45, 2.75) is 13.3 Å². The van der Waals surface area contributed by atoms with Crippen molar-refractivity contribution in [3.05, 3.63) is 34.3 Å². The Morgan fingerprint density at radius 1 is 1.43 bits per heavy atom. The van der Waals surface area contributed by atoms with E-state index < -0.39 is 16.0 Å². The van der Waals surface area contributed by atoms with Crippen molar-refractivity contribution < 1.29 is 12.3 Å². The summed E-state index contributed by atoms with van der Waals surface area (Å²) in [7, 11) is -4.38. The Balaban J connectivity index is 2.74. The van der Waals surface area contributed by atoms with E-state index in [4.69, 9.17) is 11.6 Å². The normalized spacial score (nSPS) is 11.6. The molecule has 0 saturated carbocycles. The summed E-state index contributed by atoms with van der Waals surface area (Å²) in [6.07, 6.45) is 0.177. The van der Waals surface area contributed by atoms with Gasteiger partial charge < -0.3 is 0 Å². The van der Waals surface area contributed by atoms with E-state index in [1.165, 1.54) is 0 Å². The van der Waals surface area contributed by atoms with Gasteiger partial charge in [-0.1, -0.05) is 23.7 Å². The van der Waals surface area contributed by atoms with Crippen LogP contribution >= 0.6 is 11.6 Å². The average Bonchev–Trinajstić information content (AvgIpc) is 2.06. The molecular weight excluding hydrogens is 227 g/mol. The molecule has 0 atom stereocenters. The molecule has 0 amide bonds. The molecule has 1 rings (SSSR count). The molecule has 0 aliphatic heterocycles. The third kappa shape index (κ3) is 3.64. The molecule has 1 aromatic carbocycles. The molecule has 0 unspecified atom stereocenters. The molecule has 0 aliphatic rings. The third-order valence-corrected chi connectivity index (χ3v) is 2.97. The molecule has 2 nitrogen and oxygen atoms in total. The Hall–Kier alpha value is -0.610. The summed E-state index contributed by atoms with van der Waals surface area (Å²) in [4.78, 5) is 0. The Bertz CT molecular complexity index is 428. The summed E-state index contributed by atoms with van der Waals surface area (Å²) in [5.74, 6) is -0.478. The van der Waals surface area contributed by atoms with Gasteiger partial charge in [-0.2, -0.15) is 8.42 Å². The van der Waals surface area contributed by atoms with Crippen LogP contribution in [-0.4, -0.2) is 14.2 Å². The van der Waals surface area contributed by atoms with Crippen LogP contribution in [0.4, 0.5) is 3.89 Å². The highest BCUT2D eigenvalue weighted by Gasteiger charge is 2.07. The van der Waals surface area contributed by atoms with Gasteiger partial charge in [-0.05, 0) is 30.5 Å². The van der Waals surface area contributed by atoms with Crippen molar-refractivity contribution in [1.82, 2.24) is 0 Å². The van der Waals surface area contributed by atoms with Crippen LogP contribution in [0, 0.1) is 6.92 Å². The van der Waals surface area contributed by atoms with Crippen LogP contribution in [0.3, 0.4) is 0 Å². The van der Waals surface area contributed by atoms with E-state index in [1.807, 2.05) is 6.92 Å². The molecule has 78 valence electrons. The van der Waals surface area contributed by atoms with Crippen LogP contribution in [0.15, 0.2) is 18.2 Å². The molecular formula is C9H10ClFO2S. The molecule has 0 spiro atoms. The lowest BCUT2D eigenvalue weighted by Crippen LogP contribution is -2.02. The van der Waals surface area contributed by atoms with E-state index in [0.717, 1.165) is 11.1 Å². The van der Waals surface area contributed by atoms with Crippen LogP contribution in [0.2, 0.25) is 5.02 Å². The van der Waals surface area contributed by atoms with Gasteiger partial charge in [0.1, 0.15) is 0 Å². The topological polar surface area (TPSA) is 34.1 Å². The summed E-state index contributed by atoms with van der Waals surface area (Å²) in [6.45, 7) is 1.82. The van der Waals surface area contributed by atoms with Crippen molar-refractivity contribution in [2.75, 3.05) is 5.75 Å². The zero-order chi connectivity index (χ0) is 10.8. The van der Waals surface area contributed by atoms with E-state index in [0.29, 0.717) is 5.02 Å². The summed E-state index contributed by atoms with van der Waals surface area (Å²) in [6, 6.07) is 5.13. The van der Waals surface area contributed by atoms with Gasteiger partial charge in [-0.3, -0.25) is 0 Å². The number of rotatable bonds is 3. The first-order valence-corrected chi connectivity index (χ1v) is 5.99. The second-order valence-corrected chi connectivity index (χ2v) is 4.97. The maximum absolute atomic E-state index is 12.2. The second-order valence-electron chi connectivity index (χ2n) is 3.08. The van der Waals surface area contributed by atoms with Crippen molar-refractivity contribution in [2.24, 2.45) is 0 Å². The van der Waals surface area contributed by atoms with Crippen LogP contribution in [0.25, 0.3) is 0 Å². The van der Waals surface area contributed by atoms with Gasteiger partial charge in [0.25, 0.3) is 0 Å². The smallest absolute Gasteiger partial charge is 0.195 e. The minimum atomic E-state index is -4.38. The molecule has 1 aromatic rings. The minimum Gasteiger partial charge on any atom is -0.195 e. The number of benzene rings is 1. The fourth-order valence-corrected chi connectivity index (χ4v) is 1.70. The minimum absolute atomic E-state index is 0.177. The van der Waals surface area contributed by atoms with E-state index in [-0.39, 0.29) is 6.42 Å². The monoisotopic (exact) mass is 236 g/mol. The molecule has 0 saturated heterocycles. The Labute approximate surface area is 87.9 Å². The van der Waals surface area contributed by atoms with Gasteiger partial charge in [0, 0.05) is 5.02 Å². The molecule has 0 aliphatic carbocycles. The fraction of sp³-hybridized carbons (Fsp3) is 0.333. The Kier molecular flexibility index (Phi) is 3.50. The summed E-state index contributed by atoms with van der Waals surface area (Å²) >= 11 is 5.78. The second kappa shape index (κ2) is 4.28. The largest absolute Gasteiger partial charge is 0.302 e. The lowest BCUT2D eigenvalue weighted by atomic mass is 10.1. The van der Waals surface area contributed by atoms with Gasteiger partial charge in [0.2, 0.25) is 0 Å². The highest BCUT2D eigenvalue weighted by molar-refractivity contribution is 7.86. The fourth-order valence-electron chi connectivity index (χ4n) is 1.10. The lowest BCUT2D eigenvalue weighted by molar-refractivity contribution is 0.551. The Morgan fingerprint density at radius 2 is 2.07 bits per heavy atom. The molecule has 0 N–H and O–H groups in total. The number of halogens is 2. The summed E-state index contributed by atoms with van der Waals surface area (Å²) in [5, 5.41) is 0.622. The van der Waals surface area contributed by atoms with Crippen molar-refractivity contribution in [3.63, 3.8) is 0 Å². The van der Waals surface area contributed by atoms with Gasteiger partial charge >= 0.3 is 10.2 Å². The van der Waals surface area contributed by atoms with Crippen LogP contribution in [-0.2, 0) is 16.6 Å². The van der Waals surface area contributed by atoms with Crippen LogP contribution in [0.1, 0.15) is 11.1 Å². The van der Waals surface area contributed by atoms with E-state index in [2.05, 4.69) is 0 Å². The molecule has 0 radical (unpaired) electrons. The van der Waals surface area contributed by atoms with Crippen molar-refractivity contribution in [3.8, 4) is 0 Å². The predicted molar refractivity (Wildman–Crippen MR) is 54.8 cm³/mol. The number of hydrogen-bond donors (Lipinski definition) is 0. The van der Waals surface area contributed by atoms with Gasteiger partial charge in [0.15, 0.2) is 0 Å². The molecule has 0 bridgehead atoms. The summed E-state index contributed by atoms with van der Waals surface area (Å²) < 4.78 is 32.7. The van der Waals surface area contributed by atoms with E-state index >= 15 is 0 Å². The van der Waals surface area contributed by atoms with E-state index in [9.17, 15) is 12.3 Å². The quantitative estimate of drug-likeness (QED) is 0.756. The number of hydrogen-bond acceptors (Lipinski definition) is 2. The highest BCUT2D eigenvalue weighted by Crippen LogP contribution is 2.16. The first-order chi connectivity index (χ1) is 6.38. The lowest BCUT2D eigenvalue weighted by Gasteiger charge is -2.02. The summed E-state index contributed by atoms with van der Waals surface area (Å²) in [5.41, 5.74) is 1.63. The predicted octanol–water partition coefficient (Wildman–Crippen LogP) is 2.49. The van der Waals surface area contributed by atoms with Crippen LogP contribution < -0.4 is 0 Å². The maximum Gasteiger partial charge on any atom is 0.302 e. The SMILES string of the molecule is Cc1cc(CCS(=O)(=O)F)ccc1Cl. The molecule has 5 heteroatoms. The molecule has 14 heavy (non-hydrogen) atoms. The third-order valence-electron chi connectivity index (χ3n) is 1.86.